The Labute approximate surface area is 116 Å². The highest BCUT2D eigenvalue weighted by atomic mass is 16.5. The van der Waals surface area contributed by atoms with Crippen molar-refractivity contribution >= 4 is 11.6 Å². The molecule has 6 nitrogen and oxygen atoms in total. The molecular weight excluding hydrogens is 258 g/mol. The third-order valence-corrected chi connectivity index (χ3v) is 3.36. The number of carbonyl (C=O) groups excluding carboxylic acids is 1. The minimum absolute atomic E-state index is 0.270. The maximum absolute atomic E-state index is 11.9. The lowest BCUT2D eigenvalue weighted by molar-refractivity contribution is 0.0522. The number of hydrogen-bond acceptors (Lipinski definition) is 5. The van der Waals surface area contributed by atoms with Gasteiger partial charge in [0.25, 0.3) is 0 Å². The third kappa shape index (κ3) is 2.27. The summed E-state index contributed by atoms with van der Waals surface area (Å²) < 4.78 is 12.0. The largest absolute Gasteiger partial charge is 0.461 e. The first-order valence-corrected chi connectivity index (χ1v) is 6.77. The van der Waals surface area contributed by atoms with E-state index in [0.717, 1.165) is 24.2 Å². The fourth-order valence-electron chi connectivity index (χ4n) is 2.24. The molecule has 1 aliphatic rings. The molecule has 0 aromatic carbocycles. The molecule has 6 heteroatoms. The molecular formula is C14H17N3O3. The molecule has 1 aliphatic carbocycles. The second-order valence-corrected chi connectivity index (χ2v) is 4.89. The van der Waals surface area contributed by atoms with Gasteiger partial charge in [0.05, 0.1) is 18.9 Å². The zero-order valence-corrected chi connectivity index (χ0v) is 11.6. The van der Waals surface area contributed by atoms with Gasteiger partial charge in [-0.1, -0.05) is 0 Å². The summed E-state index contributed by atoms with van der Waals surface area (Å²) >= 11 is 0. The molecule has 20 heavy (non-hydrogen) atoms. The Balaban J connectivity index is 2.11. The van der Waals surface area contributed by atoms with Gasteiger partial charge in [-0.15, -0.1) is 0 Å². The van der Waals surface area contributed by atoms with Crippen molar-refractivity contribution in [2.75, 3.05) is 13.7 Å². The van der Waals surface area contributed by atoms with Crippen LogP contribution in [0.1, 0.15) is 47.6 Å². The van der Waals surface area contributed by atoms with Crippen LogP contribution in [-0.2, 0) is 16.1 Å². The number of carbonyl (C=O) groups is 1. The normalized spacial score (nSPS) is 14.7. The monoisotopic (exact) mass is 275 g/mol. The van der Waals surface area contributed by atoms with Gasteiger partial charge in [-0.2, -0.15) is 0 Å². The second-order valence-electron chi connectivity index (χ2n) is 4.89. The summed E-state index contributed by atoms with van der Waals surface area (Å²) in [6.07, 6.45) is 3.90. The van der Waals surface area contributed by atoms with Crippen molar-refractivity contribution in [1.29, 1.82) is 0 Å². The zero-order chi connectivity index (χ0) is 14.1. The topological polar surface area (TPSA) is 65.7 Å². The highest BCUT2D eigenvalue weighted by Gasteiger charge is 2.27. The van der Waals surface area contributed by atoms with Gasteiger partial charge in [-0.25, -0.2) is 14.8 Å². The average Bonchev–Trinajstić information content (AvgIpc) is 3.19. The molecule has 106 valence electrons. The van der Waals surface area contributed by atoms with E-state index in [1.54, 1.807) is 24.8 Å². The van der Waals surface area contributed by atoms with Crippen molar-refractivity contribution in [3.63, 3.8) is 0 Å². The van der Waals surface area contributed by atoms with Gasteiger partial charge in [-0.3, -0.25) is 4.40 Å². The number of aromatic nitrogens is 3. The molecule has 0 atom stereocenters. The van der Waals surface area contributed by atoms with E-state index in [9.17, 15) is 4.79 Å². The summed E-state index contributed by atoms with van der Waals surface area (Å²) in [5.41, 5.74) is 2.78. The SMILES string of the molecule is CCOC(=O)c1ncn2c(COC)cc(C3CC3)nc12. The number of ether oxygens (including phenoxy) is 2. The molecule has 0 radical (unpaired) electrons. The van der Waals surface area contributed by atoms with Gasteiger partial charge >= 0.3 is 5.97 Å². The first kappa shape index (κ1) is 13.1. The summed E-state index contributed by atoms with van der Waals surface area (Å²) in [6, 6.07) is 2.03. The first-order chi connectivity index (χ1) is 9.74. The Bertz CT molecular complexity index is 646. The molecule has 0 N–H and O–H groups in total. The van der Waals surface area contributed by atoms with Gasteiger partial charge in [0, 0.05) is 18.7 Å². The standard InChI is InChI=1S/C14H17N3O3/c1-3-20-14(18)12-13-16-11(9-4-5-9)6-10(7-19-2)17(13)8-15-12/h6,8-9H,3-5,7H2,1-2H3. The second kappa shape index (κ2) is 5.20. The first-order valence-electron chi connectivity index (χ1n) is 6.77. The Morgan fingerprint density at radius 2 is 2.30 bits per heavy atom. The molecule has 0 saturated heterocycles. The molecule has 0 spiro atoms. The van der Waals surface area contributed by atoms with Crippen LogP contribution in [0.3, 0.4) is 0 Å². The number of esters is 1. The molecule has 3 rings (SSSR count). The Morgan fingerprint density at radius 3 is 2.95 bits per heavy atom. The fraction of sp³-hybridized carbons (Fsp3) is 0.500. The van der Waals surface area contributed by atoms with Crippen LogP contribution in [0.15, 0.2) is 12.4 Å². The number of methoxy groups -OCH3 is 1. The van der Waals surface area contributed by atoms with E-state index in [-0.39, 0.29) is 5.69 Å². The fourth-order valence-corrected chi connectivity index (χ4v) is 2.24. The smallest absolute Gasteiger partial charge is 0.360 e. The molecule has 2 aromatic heterocycles. The quantitative estimate of drug-likeness (QED) is 0.780. The summed E-state index contributed by atoms with van der Waals surface area (Å²) in [4.78, 5) is 20.7. The predicted molar refractivity (Wildman–Crippen MR) is 71.6 cm³/mol. The highest BCUT2D eigenvalue weighted by Crippen LogP contribution is 2.39. The van der Waals surface area contributed by atoms with Crippen LogP contribution in [0.5, 0.6) is 0 Å². The molecule has 0 unspecified atom stereocenters. The summed E-state index contributed by atoms with van der Waals surface area (Å²) in [6.45, 7) is 2.55. The van der Waals surface area contributed by atoms with Crippen molar-refractivity contribution in [3.05, 3.63) is 29.5 Å². The molecule has 0 amide bonds. The van der Waals surface area contributed by atoms with E-state index in [0.29, 0.717) is 24.8 Å². The number of rotatable bonds is 5. The Morgan fingerprint density at radius 1 is 1.50 bits per heavy atom. The van der Waals surface area contributed by atoms with Gasteiger partial charge in [0.2, 0.25) is 0 Å². The highest BCUT2D eigenvalue weighted by molar-refractivity contribution is 5.93. The van der Waals surface area contributed by atoms with E-state index < -0.39 is 5.97 Å². The maximum atomic E-state index is 11.9. The van der Waals surface area contributed by atoms with Gasteiger partial charge in [0.1, 0.15) is 6.33 Å². The molecule has 2 heterocycles. The average molecular weight is 275 g/mol. The predicted octanol–water partition coefficient (Wildman–Crippen LogP) is 1.93. The number of fused-ring (bicyclic) bond motifs is 1. The lowest BCUT2D eigenvalue weighted by Gasteiger charge is -2.08. The van der Waals surface area contributed by atoms with Crippen LogP contribution < -0.4 is 0 Å². The number of nitrogens with zero attached hydrogens (tertiary/aromatic N) is 3. The minimum Gasteiger partial charge on any atom is -0.461 e. The van der Waals surface area contributed by atoms with Crippen LogP contribution >= 0.6 is 0 Å². The van der Waals surface area contributed by atoms with Crippen molar-refractivity contribution in [1.82, 2.24) is 14.4 Å². The van der Waals surface area contributed by atoms with Crippen LogP contribution in [-0.4, -0.2) is 34.1 Å². The van der Waals surface area contributed by atoms with E-state index >= 15 is 0 Å². The van der Waals surface area contributed by atoms with Crippen molar-refractivity contribution in [2.45, 2.75) is 32.3 Å². The molecule has 1 saturated carbocycles. The third-order valence-electron chi connectivity index (χ3n) is 3.36. The van der Waals surface area contributed by atoms with Crippen LogP contribution in [0.25, 0.3) is 5.65 Å². The number of hydrogen-bond donors (Lipinski definition) is 0. The van der Waals surface area contributed by atoms with Gasteiger partial charge < -0.3 is 9.47 Å². The lowest BCUT2D eigenvalue weighted by Crippen LogP contribution is -2.08. The van der Waals surface area contributed by atoms with E-state index in [2.05, 4.69) is 9.97 Å². The van der Waals surface area contributed by atoms with E-state index in [1.807, 2.05) is 6.07 Å². The Kier molecular flexibility index (Phi) is 3.40. The summed E-state index contributed by atoms with van der Waals surface area (Å²) in [5.74, 6) is 0.0689. The van der Waals surface area contributed by atoms with E-state index in [4.69, 9.17) is 9.47 Å². The lowest BCUT2D eigenvalue weighted by atomic mass is 10.2. The van der Waals surface area contributed by atoms with Crippen molar-refractivity contribution < 1.29 is 14.3 Å². The van der Waals surface area contributed by atoms with E-state index in [1.165, 1.54) is 0 Å². The number of imidazole rings is 1. The molecule has 1 fully saturated rings. The minimum atomic E-state index is -0.432. The van der Waals surface area contributed by atoms with Crippen LogP contribution in [0, 0.1) is 0 Å². The van der Waals surface area contributed by atoms with Crippen LogP contribution in [0.4, 0.5) is 0 Å². The summed E-state index contributed by atoms with van der Waals surface area (Å²) in [5, 5.41) is 0. The van der Waals surface area contributed by atoms with Crippen LogP contribution in [0.2, 0.25) is 0 Å². The van der Waals surface area contributed by atoms with Gasteiger partial charge in [-0.05, 0) is 25.8 Å². The molecule has 0 bridgehead atoms. The van der Waals surface area contributed by atoms with Gasteiger partial charge in [0.15, 0.2) is 11.3 Å². The molecule has 2 aromatic rings. The maximum Gasteiger partial charge on any atom is 0.360 e. The van der Waals surface area contributed by atoms with Crippen molar-refractivity contribution in [3.8, 4) is 0 Å². The molecule has 0 aliphatic heterocycles. The zero-order valence-electron chi connectivity index (χ0n) is 11.6. The van der Waals surface area contributed by atoms with Crippen molar-refractivity contribution in [2.24, 2.45) is 0 Å². The summed E-state index contributed by atoms with van der Waals surface area (Å²) in [7, 11) is 1.65. The Hall–Kier alpha value is -1.95.